The number of aliphatic hydroxyl groups is 1. The summed E-state index contributed by atoms with van der Waals surface area (Å²) < 4.78 is 18.6. The predicted octanol–water partition coefficient (Wildman–Crippen LogP) is 3.50. The average molecular weight is 275 g/mol. The van der Waals surface area contributed by atoms with Crippen LogP contribution in [0.5, 0.6) is 5.75 Å². The van der Waals surface area contributed by atoms with Gasteiger partial charge in [-0.3, -0.25) is 0 Å². The molecular formula is C16H18FNO2. The van der Waals surface area contributed by atoms with E-state index in [1.807, 2.05) is 37.3 Å². The number of nitrogens with one attached hydrogen (secondary N) is 1. The molecule has 0 aromatic heterocycles. The Morgan fingerprint density at radius 2 is 2.05 bits per heavy atom. The molecule has 0 saturated carbocycles. The zero-order valence-corrected chi connectivity index (χ0v) is 11.6. The molecule has 0 aliphatic rings. The molecule has 2 aromatic carbocycles. The molecule has 3 nitrogen and oxygen atoms in total. The van der Waals surface area contributed by atoms with Gasteiger partial charge in [-0.2, -0.15) is 0 Å². The zero-order chi connectivity index (χ0) is 14.5. The number of rotatable bonds is 5. The summed E-state index contributed by atoms with van der Waals surface area (Å²) in [5.74, 6) is -0.133. The molecule has 0 fully saturated rings. The topological polar surface area (TPSA) is 41.5 Å². The van der Waals surface area contributed by atoms with E-state index in [2.05, 4.69) is 5.32 Å². The van der Waals surface area contributed by atoms with Crippen LogP contribution in [0.25, 0.3) is 0 Å². The number of aliphatic hydroxyl groups excluding tert-OH is 1. The van der Waals surface area contributed by atoms with Crippen LogP contribution in [0, 0.1) is 5.82 Å². The fourth-order valence-electron chi connectivity index (χ4n) is 2.04. The maximum absolute atomic E-state index is 13.7. The number of hydrogen-bond donors (Lipinski definition) is 2. The lowest BCUT2D eigenvalue weighted by Gasteiger charge is -2.17. The number of methoxy groups -OCH3 is 1. The van der Waals surface area contributed by atoms with E-state index < -0.39 is 0 Å². The first-order valence-electron chi connectivity index (χ1n) is 6.44. The average Bonchev–Trinajstić information content (AvgIpc) is 2.47. The van der Waals surface area contributed by atoms with E-state index in [1.165, 1.54) is 13.2 Å². The van der Waals surface area contributed by atoms with Gasteiger partial charge in [0, 0.05) is 11.7 Å². The second-order valence-corrected chi connectivity index (χ2v) is 4.62. The van der Waals surface area contributed by atoms with E-state index >= 15 is 0 Å². The maximum Gasteiger partial charge on any atom is 0.165 e. The van der Waals surface area contributed by atoms with Crippen molar-refractivity contribution in [1.82, 2.24) is 0 Å². The van der Waals surface area contributed by atoms with Crippen LogP contribution in [0.2, 0.25) is 0 Å². The number of anilines is 1. The van der Waals surface area contributed by atoms with E-state index in [4.69, 9.17) is 9.84 Å². The Morgan fingerprint density at radius 1 is 1.25 bits per heavy atom. The van der Waals surface area contributed by atoms with Gasteiger partial charge in [-0.25, -0.2) is 4.39 Å². The third-order valence-electron chi connectivity index (χ3n) is 3.17. The summed E-state index contributed by atoms with van der Waals surface area (Å²) in [5, 5.41) is 12.4. The molecule has 0 saturated heterocycles. The van der Waals surface area contributed by atoms with Gasteiger partial charge in [0.05, 0.1) is 13.7 Å². The van der Waals surface area contributed by atoms with Crippen molar-refractivity contribution in [2.24, 2.45) is 0 Å². The van der Waals surface area contributed by atoms with Crippen LogP contribution < -0.4 is 10.1 Å². The third-order valence-corrected chi connectivity index (χ3v) is 3.17. The molecular weight excluding hydrogens is 257 g/mol. The number of ether oxygens (including phenoxy) is 1. The molecule has 1 atom stereocenters. The van der Waals surface area contributed by atoms with Crippen LogP contribution in [-0.2, 0) is 6.61 Å². The minimum Gasteiger partial charge on any atom is -0.494 e. The number of hydrogen-bond acceptors (Lipinski definition) is 3. The minimum atomic E-state index is -0.372. The normalized spacial score (nSPS) is 12.0. The predicted molar refractivity (Wildman–Crippen MR) is 77.4 cm³/mol. The quantitative estimate of drug-likeness (QED) is 0.877. The molecule has 0 aliphatic carbocycles. The van der Waals surface area contributed by atoms with E-state index in [-0.39, 0.29) is 24.2 Å². The van der Waals surface area contributed by atoms with E-state index in [9.17, 15) is 4.39 Å². The van der Waals surface area contributed by atoms with Gasteiger partial charge in [0.1, 0.15) is 0 Å². The maximum atomic E-state index is 13.7. The smallest absolute Gasteiger partial charge is 0.165 e. The Bertz CT molecular complexity index is 586. The fraction of sp³-hybridized carbons (Fsp3) is 0.250. The van der Waals surface area contributed by atoms with E-state index in [0.717, 1.165) is 16.8 Å². The summed E-state index contributed by atoms with van der Waals surface area (Å²) in [6.45, 7) is 1.95. The van der Waals surface area contributed by atoms with Gasteiger partial charge < -0.3 is 15.2 Å². The van der Waals surface area contributed by atoms with Crippen molar-refractivity contribution in [3.05, 3.63) is 59.4 Å². The highest BCUT2D eigenvalue weighted by molar-refractivity contribution is 5.48. The largest absolute Gasteiger partial charge is 0.494 e. The van der Waals surface area contributed by atoms with Crippen molar-refractivity contribution < 1.29 is 14.2 Å². The van der Waals surface area contributed by atoms with Crippen molar-refractivity contribution in [3.63, 3.8) is 0 Å². The molecule has 2 N–H and O–H groups in total. The number of benzene rings is 2. The molecule has 2 rings (SSSR count). The lowest BCUT2D eigenvalue weighted by atomic mass is 10.1. The van der Waals surface area contributed by atoms with Gasteiger partial charge >= 0.3 is 0 Å². The van der Waals surface area contributed by atoms with Crippen molar-refractivity contribution in [2.45, 2.75) is 19.6 Å². The van der Waals surface area contributed by atoms with Gasteiger partial charge in [0.2, 0.25) is 0 Å². The lowest BCUT2D eigenvalue weighted by Crippen LogP contribution is -2.07. The van der Waals surface area contributed by atoms with Crippen LogP contribution in [0.15, 0.2) is 42.5 Å². The monoisotopic (exact) mass is 275 g/mol. The molecule has 0 spiro atoms. The van der Waals surface area contributed by atoms with E-state index in [1.54, 1.807) is 6.07 Å². The van der Waals surface area contributed by atoms with Crippen molar-refractivity contribution in [2.75, 3.05) is 12.4 Å². The summed E-state index contributed by atoms with van der Waals surface area (Å²) in [4.78, 5) is 0. The summed E-state index contributed by atoms with van der Waals surface area (Å²) >= 11 is 0. The summed E-state index contributed by atoms with van der Waals surface area (Å²) in [6.07, 6.45) is 0. The summed E-state index contributed by atoms with van der Waals surface area (Å²) in [7, 11) is 1.44. The molecule has 2 aromatic rings. The Morgan fingerprint density at radius 3 is 2.70 bits per heavy atom. The van der Waals surface area contributed by atoms with Crippen LogP contribution in [0.1, 0.15) is 24.1 Å². The van der Waals surface area contributed by atoms with E-state index in [0.29, 0.717) is 0 Å². The third kappa shape index (κ3) is 3.27. The first-order chi connectivity index (χ1) is 9.63. The molecule has 0 bridgehead atoms. The highest BCUT2D eigenvalue weighted by Crippen LogP contribution is 2.24. The molecule has 0 heterocycles. The second kappa shape index (κ2) is 6.39. The van der Waals surface area contributed by atoms with Gasteiger partial charge in [-0.15, -0.1) is 0 Å². The summed E-state index contributed by atoms with van der Waals surface area (Å²) in [5.41, 5.74) is 2.56. The molecule has 0 amide bonds. The van der Waals surface area contributed by atoms with Crippen LogP contribution in [0.4, 0.5) is 10.1 Å². The first-order valence-corrected chi connectivity index (χ1v) is 6.44. The molecule has 0 radical (unpaired) electrons. The van der Waals surface area contributed by atoms with Gasteiger partial charge in [0.25, 0.3) is 0 Å². The minimum absolute atomic E-state index is 0.00106. The Hall–Kier alpha value is -2.07. The first kappa shape index (κ1) is 14.3. The van der Waals surface area contributed by atoms with Crippen molar-refractivity contribution in [1.29, 1.82) is 0 Å². The van der Waals surface area contributed by atoms with Gasteiger partial charge in [-0.1, -0.05) is 18.2 Å². The molecule has 106 valence electrons. The molecule has 1 unspecified atom stereocenters. The highest BCUT2D eigenvalue weighted by Gasteiger charge is 2.09. The van der Waals surface area contributed by atoms with Gasteiger partial charge in [-0.05, 0) is 42.3 Å². The van der Waals surface area contributed by atoms with Crippen LogP contribution >= 0.6 is 0 Å². The van der Waals surface area contributed by atoms with Gasteiger partial charge in [0.15, 0.2) is 11.6 Å². The van der Waals surface area contributed by atoms with Crippen molar-refractivity contribution in [3.8, 4) is 5.75 Å². The van der Waals surface area contributed by atoms with Crippen LogP contribution in [-0.4, -0.2) is 12.2 Å². The Balaban J connectivity index is 2.14. The Labute approximate surface area is 118 Å². The lowest BCUT2D eigenvalue weighted by molar-refractivity contribution is 0.282. The molecule has 0 aliphatic heterocycles. The standard InChI is InChI=1S/C16H18FNO2/c1-11(13-6-7-16(20-2)15(17)9-13)18-14-5-3-4-12(8-14)10-19/h3-9,11,18-19H,10H2,1-2H3. The summed E-state index contributed by atoms with van der Waals surface area (Å²) in [6, 6.07) is 12.4. The SMILES string of the molecule is COc1ccc(C(C)Nc2cccc(CO)c2)cc1F. The second-order valence-electron chi connectivity index (χ2n) is 4.62. The number of halogens is 1. The molecule has 4 heteroatoms. The van der Waals surface area contributed by atoms with Crippen molar-refractivity contribution >= 4 is 5.69 Å². The fourth-order valence-corrected chi connectivity index (χ4v) is 2.04. The zero-order valence-electron chi connectivity index (χ0n) is 11.6. The Kier molecular flexibility index (Phi) is 4.58. The van der Waals surface area contributed by atoms with Crippen LogP contribution in [0.3, 0.4) is 0 Å². The highest BCUT2D eigenvalue weighted by atomic mass is 19.1. The molecule has 20 heavy (non-hydrogen) atoms.